The summed E-state index contributed by atoms with van der Waals surface area (Å²) in [5.41, 5.74) is 2.16. The molecule has 1 N–H and O–H groups in total. The highest BCUT2D eigenvalue weighted by Crippen LogP contribution is 2.62. The molecule has 2 fully saturated rings. The summed E-state index contributed by atoms with van der Waals surface area (Å²) in [6, 6.07) is 2.04. The normalized spacial score (nSPS) is 29.9. The van der Waals surface area contributed by atoms with Crippen LogP contribution >= 0.6 is 0 Å². The lowest BCUT2D eigenvalue weighted by molar-refractivity contribution is -0.168. The van der Waals surface area contributed by atoms with Gasteiger partial charge in [0, 0.05) is 6.54 Å². The molecular weight excluding hydrogens is 406 g/mol. The highest BCUT2D eigenvalue weighted by atomic mass is 16.5. The van der Waals surface area contributed by atoms with Crippen molar-refractivity contribution in [3.8, 4) is 0 Å². The summed E-state index contributed by atoms with van der Waals surface area (Å²) in [5, 5.41) is 3.26. The summed E-state index contributed by atoms with van der Waals surface area (Å²) in [6.07, 6.45) is 9.05. The number of fused-ring (bicyclic) bond motifs is 1. The quantitative estimate of drug-likeness (QED) is 0.334. The number of hydrogen-bond donors (Lipinski definition) is 1. The summed E-state index contributed by atoms with van der Waals surface area (Å²) < 4.78 is 15.6. The van der Waals surface area contributed by atoms with Crippen LogP contribution in [-0.2, 0) is 32.0 Å². The third-order valence-electron chi connectivity index (χ3n) is 8.23. The molecule has 6 heteroatoms. The zero-order valence-corrected chi connectivity index (χ0v) is 20.1. The van der Waals surface area contributed by atoms with Crippen LogP contribution in [0.15, 0.2) is 28.9 Å². The Bertz CT molecular complexity index is 830. The summed E-state index contributed by atoms with van der Waals surface area (Å²) >= 11 is 0. The van der Waals surface area contributed by atoms with Crippen molar-refractivity contribution >= 4 is 11.9 Å². The fourth-order valence-corrected chi connectivity index (χ4v) is 6.50. The zero-order valence-electron chi connectivity index (χ0n) is 20.1. The molecule has 0 saturated heterocycles. The van der Waals surface area contributed by atoms with Crippen LogP contribution in [0.5, 0.6) is 0 Å². The molecule has 0 aromatic carbocycles. The van der Waals surface area contributed by atoms with E-state index < -0.39 is 5.41 Å². The molecule has 0 spiro atoms. The van der Waals surface area contributed by atoms with E-state index in [9.17, 15) is 9.59 Å². The van der Waals surface area contributed by atoms with Crippen LogP contribution in [-0.4, -0.2) is 32.7 Å². The van der Waals surface area contributed by atoms with Crippen LogP contribution in [0, 0.1) is 22.7 Å². The first-order valence-corrected chi connectivity index (χ1v) is 11.8. The van der Waals surface area contributed by atoms with Crippen molar-refractivity contribution in [2.75, 3.05) is 20.8 Å². The third-order valence-corrected chi connectivity index (χ3v) is 8.23. The Hall–Kier alpha value is -2.08. The Labute approximate surface area is 192 Å². The van der Waals surface area contributed by atoms with Gasteiger partial charge in [-0.15, -0.1) is 0 Å². The second kappa shape index (κ2) is 10.2. The first-order chi connectivity index (χ1) is 15.3. The lowest BCUT2D eigenvalue weighted by Crippen LogP contribution is -2.53. The number of rotatable bonds is 9. The van der Waals surface area contributed by atoms with Crippen LogP contribution in [0.25, 0.3) is 0 Å². The van der Waals surface area contributed by atoms with Crippen LogP contribution in [0.4, 0.5) is 0 Å². The first kappa shape index (κ1) is 24.6. The Balaban J connectivity index is 1.67. The molecule has 2 aliphatic carbocycles. The molecule has 0 aliphatic heterocycles. The van der Waals surface area contributed by atoms with Crippen LogP contribution in [0.1, 0.15) is 70.1 Å². The molecule has 0 radical (unpaired) electrons. The van der Waals surface area contributed by atoms with E-state index in [0.29, 0.717) is 31.3 Å². The molecule has 0 bridgehead atoms. The Morgan fingerprint density at radius 3 is 2.75 bits per heavy atom. The molecule has 1 heterocycles. The largest absolute Gasteiger partial charge is 0.469 e. The molecule has 32 heavy (non-hydrogen) atoms. The molecule has 3 rings (SSSR count). The zero-order chi connectivity index (χ0) is 23.4. The van der Waals surface area contributed by atoms with E-state index in [2.05, 4.69) is 30.5 Å². The first-order valence-electron chi connectivity index (χ1n) is 11.8. The van der Waals surface area contributed by atoms with Crippen molar-refractivity contribution in [2.24, 2.45) is 22.7 Å². The minimum Gasteiger partial charge on any atom is -0.469 e. The van der Waals surface area contributed by atoms with Gasteiger partial charge in [0.25, 0.3) is 0 Å². The smallest absolute Gasteiger partial charge is 0.311 e. The highest BCUT2D eigenvalue weighted by Gasteiger charge is 2.57. The summed E-state index contributed by atoms with van der Waals surface area (Å²) in [5.74, 6) is 1.33. The van der Waals surface area contributed by atoms with Gasteiger partial charge in [-0.05, 0) is 74.3 Å². The van der Waals surface area contributed by atoms with E-state index in [1.807, 2.05) is 6.07 Å². The van der Waals surface area contributed by atoms with E-state index in [1.54, 1.807) is 6.26 Å². The summed E-state index contributed by atoms with van der Waals surface area (Å²) in [6.45, 7) is 10.1. The Kier molecular flexibility index (Phi) is 7.86. The number of hydrogen-bond acceptors (Lipinski definition) is 6. The molecule has 1 unspecified atom stereocenters. The van der Waals surface area contributed by atoms with Gasteiger partial charge in [0.2, 0.25) is 0 Å². The maximum atomic E-state index is 12.8. The fraction of sp³-hybridized carbons (Fsp3) is 0.692. The standard InChI is InChI=1S/C26H39NO5/c1-18-7-10-22-25(2,13-6-14-26(22,3)24(29)31-5)20(18)9-8-19-12-16-32-21(19)17-27-15-11-23(28)30-4/h12,16,20,22,27H,1,6-11,13-15,17H2,2-5H3/t20-,22?,25+,26-/m0/s1. The number of nitrogens with one attached hydrogen (secondary N) is 1. The van der Waals surface area contributed by atoms with Gasteiger partial charge in [-0.1, -0.05) is 25.5 Å². The van der Waals surface area contributed by atoms with Gasteiger partial charge in [-0.25, -0.2) is 0 Å². The monoisotopic (exact) mass is 445 g/mol. The molecule has 4 atom stereocenters. The SMILES string of the molecule is C=C1CCC2[C@](C)(CCC[C@]2(C)C(=O)OC)[C@H]1CCc1ccoc1CNCCC(=O)OC. The lowest BCUT2D eigenvalue weighted by Gasteiger charge is -2.57. The maximum absolute atomic E-state index is 12.8. The van der Waals surface area contributed by atoms with E-state index in [4.69, 9.17) is 9.15 Å². The second-order valence-electron chi connectivity index (χ2n) is 9.98. The van der Waals surface area contributed by atoms with Crippen molar-refractivity contribution in [3.63, 3.8) is 0 Å². The topological polar surface area (TPSA) is 77.8 Å². The number of methoxy groups -OCH3 is 2. The van der Waals surface area contributed by atoms with Crippen molar-refractivity contribution in [2.45, 2.75) is 71.8 Å². The molecule has 2 saturated carbocycles. The Morgan fingerprint density at radius 2 is 2.03 bits per heavy atom. The van der Waals surface area contributed by atoms with Gasteiger partial charge in [-0.3, -0.25) is 9.59 Å². The number of furan rings is 1. The van der Waals surface area contributed by atoms with Crippen LogP contribution in [0.3, 0.4) is 0 Å². The summed E-state index contributed by atoms with van der Waals surface area (Å²) in [4.78, 5) is 24.0. The molecule has 6 nitrogen and oxygen atoms in total. The average Bonchev–Trinajstić information content (AvgIpc) is 3.22. The summed E-state index contributed by atoms with van der Waals surface area (Å²) in [7, 11) is 2.91. The predicted molar refractivity (Wildman–Crippen MR) is 123 cm³/mol. The van der Waals surface area contributed by atoms with Crippen molar-refractivity contribution in [3.05, 3.63) is 35.8 Å². The van der Waals surface area contributed by atoms with E-state index in [-0.39, 0.29) is 17.4 Å². The number of aryl methyl sites for hydroxylation is 1. The maximum Gasteiger partial charge on any atom is 0.311 e. The van der Waals surface area contributed by atoms with Gasteiger partial charge in [-0.2, -0.15) is 0 Å². The van der Waals surface area contributed by atoms with Gasteiger partial charge in [0.1, 0.15) is 5.76 Å². The molecule has 1 aromatic heterocycles. The molecular formula is C26H39NO5. The molecule has 178 valence electrons. The van der Waals surface area contributed by atoms with E-state index >= 15 is 0 Å². The molecule has 1 aromatic rings. The van der Waals surface area contributed by atoms with Gasteiger partial charge < -0.3 is 19.2 Å². The highest BCUT2D eigenvalue weighted by molar-refractivity contribution is 5.77. The second-order valence-corrected chi connectivity index (χ2v) is 9.98. The lowest BCUT2D eigenvalue weighted by atomic mass is 9.46. The van der Waals surface area contributed by atoms with E-state index in [0.717, 1.165) is 50.7 Å². The predicted octanol–water partition coefficient (Wildman–Crippen LogP) is 4.82. The van der Waals surface area contributed by atoms with Crippen LogP contribution in [0.2, 0.25) is 0 Å². The number of carbonyl (C=O) groups is 2. The minimum absolute atomic E-state index is 0.0547. The van der Waals surface area contributed by atoms with Gasteiger partial charge in [0.05, 0.1) is 38.9 Å². The Morgan fingerprint density at radius 1 is 1.25 bits per heavy atom. The fourth-order valence-electron chi connectivity index (χ4n) is 6.50. The van der Waals surface area contributed by atoms with Crippen molar-refractivity contribution in [1.82, 2.24) is 5.32 Å². The third kappa shape index (κ3) is 4.80. The number of carbonyl (C=O) groups excluding carboxylic acids is 2. The average molecular weight is 446 g/mol. The van der Waals surface area contributed by atoms with Crippen molar-refractivity contribution < 1.29 is 23.5 Å². The number of ether oxygens (including phenoxy) is 2. The molecule has 0 amide bonds. The van der Waals surface area contributed by atoms with Gasteiger partial charge >= 0.3 is 11.9 Å². The van der Waals surface area contributed by atoms with Crippen molar-refractivity contribution in [1.29, 1.82) is 0 Å². The number of esters is 2. The van der Waals surface area contributed by atoms with Gasteiger partial charge in [0.15, 0.2) is 0 Å². The number of allylic oxidation sites excluding steroid dienone is 1. The minimum atomic E-state index is -0.412. The van der Waals surface area contributed by atoms with Crippen LogP contribution < -0.4 is 5.32 Å². The van der Waals surface area contributed by atoms with E-state index in [1.165, 1.54) is 25.4 Å². The molecule has 2 aliphatic rings.